The molecular formula is C15H19N3O3S2. The largest absolute Gasteiger partial charge is 0.397 e. The van der Waals surface area contributed by atoms with Gasteiger partial charge in [0.05, 0.1) is 17.1 Å². The normalized spacial score (nSPS) is 16.4. The fourth-order valence-corrected chi connectivity index (χ4v) is 4.58. The maximum absolute atomic E-state index is 11.2. The van der Waals surface area contributed by atoms with Crippen LogP contribution >= 0.6 is 11.8 Å². The minimum Gasteiger partial charge on any atom is -0.397 e. The number of hydrogen-bond acceptors (Lipinski definition) is 6. The minimum atomic E-state index is -4.04. The maximum Gasteiger partial charge on any atom is 0.296 e. The third-order valence-corrected chi connectivity index (χ3v) is 6.09. The van der Waals surface area contributed by atoms with Crippen LogP contribution in [0.5, 0.6) is 0 Å². The van der Waals surface area contributed by atoms with Gasteiger partial charge in [0, 0.05) is 11.4 Å². The highest BCUT2D eigenvalue weighted by atomic mass is 32.3. The van der Waals surface area contributed by atoms with Gasteiger partial charge in [0.25, 0.3) is 10.1 Å². The van der Waals surface area contributed by atoms with E-state index in [1.807, 2.05) is 43.3 Å². The van der Waals surface area contributed by atoms with Crippen LogP contribution in [0.2, 0.25) is 0 Å². The quantitative estimate of drug-likeness (QED) is 0.562. The number of benzene rings is 2. The van der Waals surface area contributed by atoms with Gasteiger partial charge in [0.2, 0.25) is 4.71 Å². The summed E-state index contributed by atoms with van der Waals surface area (Å²) >= 11 is 1.16. The lowest BCUT2D eigenvalue weighted by Gasteiger charge is -2.22. The molecule has 0 fully saturated rings. The second kappa shape index (κ2) is 7.12. The van der Waals surface area contributed by atoms with Crippen molar-refractivity contribution in [2.45, 2.75) is 16.5 Å². The molecule has 5 N–H and O–H groups in total. The van der Waals surface area contributed by atoms with Crippen LogP contribution in [-0.2, 0) is 10.1 Å². The molecule has 1 atom stereocenters. The highest BCUT2D eigenvalue weighted by Gasteiger charge is 2.37. The average Bonchev–Trinajstić information content (AvgIpc) is 2.90. The predicted molar refractivity (Wildman–Crippen MR) is 95.9 cm³/mol. The first-order chi connectivity index (χ1) is 10.8. The van der Waals surface area contributed by atoms with Gasteiger partial charge in [0.1, 0.15) is 0 Å². The van der Waals surface area contributed by atoms with Crippen LogP contribution < -0.4 is 16.4 Å². The van der Waals surface area contributed by atoms with Crippen LogP contribution in [0.1, 0.15) is 6.92 Å². The van der Waals surface area contributed by atoms with E-state index in [9.17, 15) is 8.42 Å². The fourth-order valence-electron chi connectivity index (χ4n) is 2.13. The van der Waals surface area contributed by atoms with Gasteiger partial charge < -0.3 is 16.4 Å². The molecule has 1 aliphatic rings. The third-order valence-electron chi connectivity index (χ3n) is 3.25. The predicted octanol–water partition coefficient (Wildman–Crippen LogP) is 2.64. The number of thioether (sulfide) groups is 1. The van der Waals surface area contributed by atoms with Crippen LogP contribution in [0.15, 0.2) is 53.4 Å². The summed E-state index contributed by atoms with van der Waals surface area (Å²) < 4.78 is 30.5. The number of rotatable bonds is 2. The molecule has 2 aromatic carbocycles. The van der Waals surface area contributed by atoms with Crippen molar-refractivity contribution in [1.29, 1.82) is 0 Å². The summed E-state index contributed by atoms with van der Waals surface area (Å²) in [6.07, 6.45) is 0. The molecule has 0 amide bonds. The van der Waals surface area contributed by atoms with Crippen LogP contribution in [0, 0.1) is 0 Å². The molecule has 0 bridgehead atoms. The van der Waals surface area contributed by atoms with Gasteiger partial charge in [-0.3, -0.25) is 4.55 Å². The van der Waals surface area contributed by atoms with Gasteiger partial charge in [-0.25, -0.2) is 0 Å². The van der Waals surface area contributed by atoms with Crippen molar-refractivity contribution in [1.82, 2.24) is 0 Å². The Balaban J connectivity index is 0.000000203. The summed E-state index contributed by atoms with van der Waals surface area (Å²) in [6, 6.07) is 14.7. The van der Waals surface area contributed by atoms with Gasteiger partial charge in [-0.15, -0.1) is 0 Å². The van der Waals surface area contributed by atoms with E-state index in [4.69, 9.17) is 16.0 Å². The first kappa shape index (κ1) is 17.5. The van der Waals surface area contributed by atoms with Crippen LogP contribution in [0.4, 0.5) is 17.1 Å². The number of nitrogens with two attached hydrogens (primary N) is 2. The number of hydrogen-bond donors (Lipinski definition) is 3. The molecule has 8 heteroatoms. The van der Waals surface area contributed by atoms with Crippen molar-refractivity contribution in [3.05, 3.63) is 48.5 Å². The molecule has 1 aliphatic heterocycles. The van der Waals surface area contributed by atoms with Crippen molar-refractivity contribution in [2.75, 3.05) is 22.9 Å². The zero-order valence-electron chi connectivity index (χ0n) is 12.6. The SMILES string of the molecule is CCN1c2ccccc2SC1S(=O)(=O)O.Nc1ccccc1N. The van der Waals surface area contributed by atoms with E-state index in [1.165, 1.54) is 0 Å². The molecule has 1 unspecified atom stereocenters. The number of fused-ring (bicyclic) bond motifs is 1. The fraction of sp³-hybridized carbons (Fsp3) is 0.200. The lowest BCUT2D eigenvalue weighted by molar-refractivity contribution is 0.478. The Morgan fingerprint density at radius 3 is 2.09 bits per heavy atom. The monoisotopic (exact) mass is 353 g/mol. The van der Waals surface area contributed by atoms with Crippen molar-refractivity contribution in [3.8, 4) is 0 Å². The molecule has 0 saturated carbocycles. The second-order valence-electron chi connectivity index (χ2n) is 4.82. The van der Waals surface area contributed by atoms with E-state index in [0.29, 0.717) is 17.9 Å². The molecule has 124 valence electrons. The molecule has 2 aromatic rings. The van der Waals surface area contributed by atoms with E-state index in [-0.39, 0.29) is 0 Å². The lowest BCUT2D eigenvalue weighted by Crippen LogP contribution is -2.35. The Morgan fingerprint density at radius 2 is 1.61 bits per heavy atom. The van der Waals surface area contributed by atoms with Crippen LogP contribution in [-0.4, -0.2) is 24.2 Å². The summed E-state index contributed by atoms with van der Waals surface area (Å²) in [7, 11) is -4.04. The van der Waals surface area contributed by atoms with Gasteiger partial charge in [-0.1, -0.05) is 36.0 Å². The molecule has 1 heterocycles. The lowest BCUT2D eigenvalue weighted by atomic mass is 10.3. The Labute approximate surface area is 140 Å². The molecule has 6 nitrogen and oxygen atoms in total. The molecular weight excluding hydrogens is 334 g/mol. The number of anilines is 3. The van der Waals surface area contributed by atoms with Crippen LogP contribution in [0.3, 0.4) is 0 Å². The summed E-state index contributed by atoms with van der Waals surface area (Å²) in [4.78, 5) is 2.57. The molecule has 0 aliphatic carbocycles. The van der Waals surface area contributed by atoms with E-state index in [2.05, 4.69) is 0 Å². The average molecular weight is 353 g/mol. The Bertz CT molecular complexity index is 760. The van der Waals surface area contributed by atoms with E-state index >= 15 is 0 Å². The van der Waals surface area contributed by atoms with Crippen molar-refractivity contribution < 1.29 is 13.0 Å². The Morgan fingerprint density at radius 1 is 1.09 bits per heavy atom. The van der Waals surface area contributed by atoms with E-state index in [1.54, 1.807) is 17.0 Å². The Hall–Kier alpha value is -1.90. The number of para-hydroxylation sites is 3. The molecule has 0 radical (unpaired) electrons. The highest BCUT2D eigenvalue weighted by molar-refractivity contribution is 8.12. The second-order valence-corrected chi connectivity index (χ2v) is 7.72. The van der Waals surface area contributed by atoms with Gasteiger partial charge in [-0.05, 0) is 31.2 Å². The van der Waals surface area contributed by atoms with Crippen molar-refractivity contribution in [2.24, 2.45) is 0 Å². The first-order valence-electron chi connectivity index (χ1n) is 6.93. The summed E-state index contributed by atoms with van der Waals surface area (Å²) in [6.45, 7) is 2.41. The van der Waals surface area contributed by atoms with Gasteiger partial charge >= 0.3 is 0 Å². The van der Waals surface area contributed by atoms with Gasteiger partial charge in [0.15, 0.2) is 0 Å². The third kappa shape index (κ3) is 4.10. The topological polar surface area (TPSA) is 110 Å². The molecule has 0 saturated heterocycles. The zero-order chi connectivity index (χ0) is 17.0. The summed E-state index contributed by atoms with van der Waals surface area (Å²) in [5, 5.41) is 0. The standard InChI is InChI=1S/C9H11NO3S2.C6H8N2/c1-2-10-7-5-3-4-6-8(7)14-9(10)15(11,12)13;7-5-3-1-2-4-6(5)8/h3-6,9H,2H2,1H3,(H,11,12,13);1-4H,7-8H2. The number of nitrogen functional groups attached to an aromatic ring is 2. The van der Waals surface area contributed by atoms with Crippen molar-refractivity contribution >= 4 is 38.9 Å². The maximum atomic E-state index is 11.2. The summed E-state index contributed by atoms with van der Waals surface area (Å²) in [5.74, 6) is 0. The van der Waals surface area contributed by atoms with E-state index in [0.717, 1.165) is 22.3 Å². The zero-order valence-corrected chi connectivity index (χ0v) is 14.2. The van der Waals surface area contributed by atoms with Gasteiger partial charge in [-0.2, -0.15) is 8.42 Å². The molecule has 23 heavy (non-hydrogen) atoms. The molecule has 0 spiro atoms. The smallest absolute Gasteiger partial charge is 0.296 e. The number of nitrogens with zero attached hydrogens (tertiary/aromatic N) is 1. The first-order valence-corrected chi connectivity index (χ1v) is 9.31. The van der Waals surface area contributed by atoms with Crippen molar-refractivity contribution in [3.63, 3.8) is 0 Å². The highest BCUT2D eigenvalue weighted by Crippen LogP contribution is 2.44. The van der Waals surface area contributed by atoms with Crippen LogP contribution in [0.25, 0.3) is 0 Å². The molecule has 3 rings (SSSR count). The van der Waals surface area contributed by atoms with E-state index < -0.39 is 14.8 Å². The molecule has 0 aromatic heterocycles. The minimum absolute atomic E-state index is 0.550. The summed E-state index contributed by atoms with van der Waals surface area (Å²) in [5.41, 5.74) is 12.9. The Kier molecular flexibility index (Phi) is 5.40.